The third-order valence-corrected chi connectivity index (χ3v) is 12.2. The van der Waals surface area contributed by atoms with Crippen molar-refractivity contribution in [3.63, 3.8) is 0 Å². The summed E-state index contributed by atoms with van der Waals surface area (Å²) in [6.45, 7) is 14.9. The smallest absolute Gasteiger partial charge is 0.410 e. The molecule has 1 unspecified atom stereocenters. The van der Waals surface area contributed by atoms with Crippen molar-refractivity contribution in [2.75, 3.05) is 39.4 Å². The van der Waals surface area contributed by atoms with E-state index < -0.39 is 33.2 Å². The van der Waals surface area contributed by atoms with Crippen LogP contribution in [0.15, 0.2) is 71.9 Å². The molecule has 2 saturated heterocycles. The van der Waals surface area contributed by atoms with Crippen LogP contribution < -0.4 is 4.74 Å². The number of esters is 1. The van der Waals surface area contributed by atoms with E-state index in [1.165, 1.54) is 12.1 Å². The highest BCUT2D eigenvalue weighted by molar-refractivity contribution is 7.86. The number of ether oxygens (including phenoxy) is 3. The Balaban J connectivity index is 1.15. The van der Waals surface area contributed by atoms with Gasteiger partial charge in [-0.3, -0.25) is 23.6 Å². The third-order valence-electron chi connectivity index (χ3n) is 10.9. The van der Waals surface area contributed by atoms with Gasteiger partial charge in [0.2, 0.25) is 5.91 Å². The summed E-state index contributed by atoms with van der Waals surface area (Å²) in [5.74, 6) is 5.88. The lowest BCUT2D eigenvalue weighted by Crippen LogP contribution is -2.43. The van der Waals surface area contributed by atoms with E-state index in [9.17, 15) is 27.6 Å². The summed E-state index contributed by atoms with van der Waals surface area (Å²) in [4.78, 5) is 61.1. The fourth-order valence-corrected chi connectivity index (χ4v) is 8.48. The summed E-state index contributed by atoms with van der Waals surface area (Å²) in [7, 11) is -3.89. The molecule has 2 aliphatic heterocycles. The van der Waals surface area contributed by atoms with Gasteiger partial charge in [0.05, 0.1) is 11.3 Å². The van der Waals surface area contributed by atoms with Crippen LogP contribution in [0.1, 0.15) is 121 Å². The summed E-state index contributed by atoms with van der Waals surface area (Å²) in [6.07, 6.45) is 7.23. The quantitative estimate of drug-likeness (QED) is 0.0630. The number of likely N-dealkylation sites (tertiary alicyclic amines) is 2. The molecule has 0 radical (unpaired) electrons. The van der Waals surface area contributed by atoms with Crippen LogP contribution in [0.2, 0.25) is 0 Å². The maximum Gasteiger partial charge on any atom is 0.410 e. The van der Waals surface area contributed by atoms with Gasteiger partial charge in [-0.05, 0) is 135 Å². The van der Waals surface area contributed by atoms with E-state index in [0.29, 0.717) is 67.4 Å². The van der Waals surface area contributed by atoms with E-state index in [0.717, 1.165) is 31.2 Å². The molecule has 13 nitrogen and oxygen atoms in total. The van der Waals surface area contributed by atoms with Gasteiger partial charge in [-0.25, -0.2) is 4.79 Å². The number of rotatable bonds is 15. The van der Waals surface area contributed by atoms with Gasteiger partial charge >= 0.3 is 12.1 Å². The van der Waals surface area contributed by atoms with Gasteiger partial charge in [0.25, 0.3) is 10.1 Å². The van der Waals surface area contributed by atoms with Crippen molar-refractivity contribution in [1.82, 2.24) is 14.8 Å². The fourth-order valence-electron chi connectivity index (χ4n) is 7.59. The number of carbonyl (C=O) groups is 4. The standard InChI is InChI=1S/C49H63N3O10S/c1-35-10-19-43(20-11-35)63(57,58)60-28-27-59-42-17-14-36(15-18-42)12-13-38-29-41(33-50-32-38)40(31-46(55)61-48(2,3)4)30-44(53)39-9-8-24-52(34-39)45(54)21-16-37-22-25-51(26-23-37)47(56)62-49(5,6)7/h10-11,14-15,17-20,29,32-33,37,39-40H,8-9,16,21-28,30-31,34H2,1-7H3/t39-,40?/m1/s1. The van der Waals surface area contributed by atoms with Crippen LogP contribution in [-0.4, -0.2) is 97.5 Å². The lowest BCUT2D eigenvalue weighted by molar-refractivity contribution is -0.155. The number of ketones is 1. The topological polar surface area (TPSA) is 159 Å². The number of benzene rings is 2. The lowest BCUT2D eigenvalue weighted by Gasteiger charge is -2.35. The van der Waals surface area contributed by atoms with E-state index in [1.807, 2.05) is 38.7 Å². The molecule has 63 heavy (non-hydrogen) atoms. The Labute approximate surface area is 373 Å². The monoisotopic (exact) mass is 885 g/mol. The largest absolute Gasteiger partial charge is 0.491 e. The maximum absolute atomic E-state index is 14.0. The second kappa shape index (κ2) is 21.9. The van der Waals surface area contributed by atoms with Gasteiger partial charge < -0.3 is 24.0 Å². The Hall–Kier alpha value is -5.26. The van der Waals surface area contributed by atoms with Crippen molar-refractivity contribution < 1.29 is 46.0 Å². The Morgan fingerprint density at radius 1 is 0.794 bits per heavy atom. The molecule has 14 heteroatoms. The highest BCUT2D eigenvalue weighted by Crippen LogP contribution is 2.31. The molecule has 0 spiro atoms. The first kappa shape index (κ1) is 48.8. The number of aromatic nitrogens is 1. The molecule has 1 aromatic heterocycles. The minimum absolute atomic E-state index is 0.00572. The first-order chi connectivity index (χ1) is 29.7. The van der Waals surface area contributed by atoms with Gasteiger partial charge in [0.1, 0.15) is 35.9 Å². The number of amides is 2. The molecule has 0 bridgehead atoms. The number of aryl methyl sites for hydroxylation is 1. The fraction of sp³-hybridized carbons (Fsp3) is 0.531. The molecule has 3 heterocycles. The van der Waals surface area contributed by atoms with Crippen LogP contribution in [0.5, 0.6) is 5.75 Å². The molecule has 340 valence electrons. The first-order valence-electron chi connectivity index (χ1n) is 21.9. The van der Waals surface area contributed by atoms with Crippen LogP contribution in [0.25, 0.3) is 0 Å². The lowest BCUT2D eigenvalue weighted by atomic mass is 9.84. The van der Waals surface area contributed by atoms with Crippen molar-refractivity contribution in [2.45, 2.75) is 122 Å². The van der Waals surface area contributed by atoms with E-state index in [4.69, 9.17) is 18.4 Å². The molecular formula is C49H63N3O10S. The highest BCUT2D eigenvalue weighted by Gasteiger charge is 2.33. The van der Waals surface area contributed by atoms with E-state index in [2.05, 4.69) is 16.8 Å². The van der Waals surface area contributed by atoms with E-state index in [1.54, 1.807) is 74.5 Å². The number of nitrogens with zero attached hydrogens (tertiary/aromatic N) is 3. The van der Waals surface area contributed by atoms with Gasteiger partial charge in [-0.1, -0.05) is 29.5 Å². The number of pyridine rings is 1. The molecule has 0 saturated carbocycles. The minimum Gasteiger partial charge on any atom is -0.491 e. The number of hydrogen-bond acceptors (Lipinski definition) is 11. The Bertz CT molecular complexity index is 2210. The van der Waals surface area contributed by atoms with E-state index in [-0.39, 0.29) is 54.7 Å². The van der Waals surface area contributed by atoms with Gasteiger partial charge in [-0.2, -0.15) is 8.42 Å². The molecular weight excluding hydrogens is 823 g/mol. The molecule has 0 N–H and O–H groups in total. The summed E-state index contributed by atoms with van der Waals surface area (Å²) in [6, 6.07) is 15.3. The Kier molecular flexibility index (Phi) is 16.9. The van der Waals surface area contributed by atoms with Crippen molar-refractivity contribution >= 4 is 33.9 Å². The van der Waals surface area contributed by atoms with Crippen molar-refractivity contribution in [3.8, 4) is 17.6 Å². The number of Topliss-reactive ketones (excluding diaryl/α,β-unsaturated/α-hetero) is 1. The molecule has 2 atom stereocenters. The zero-order chi connectivity index (χ0) is 45.8. The summed E-state index contributed by atoms with van der Waals surface area (Å²) < 4.78 is 46.8. The van der Waals surface area contributed by atoms with Crippen LogP contribution in [0.4, 0.5) is 4.79 Å². The second-order valence-electron chi connectivity index (χ2n) is 18.5. The number of piperidine rings is 2. The van der Waals surface area contributed by atoms with E-state index >= 15 is 0 Å². The van der Waals surface area contributed by atoms with Crippen LogP contribution in [0.3, 0.4) is 0 Å². The molecule has 3 aromatic rings. The molecule has 2 aliphatic rings. The first-order valence-corrected chi connectivity index (χ1v) is 23.3. The number of hydrogen-bond donors (Lipinski definition) is 0. The molecule has 2 amide bonds. The van der Waals surface area contributed by atoms with Crippen molar-refractivity contribution in [1.29, 1.82) is 0 Å². The van der Waals surface area contributed by atoms with Crippen molar-refractivity contribution in [2.24, 2.45) is 11.8 Å². The van der Waals surface area contributed by atoms with Gasteiger partial charge in [-0.15, -0.1) is 0 Å². The average Bonchev–Trinajstić information content (AvgIpc) is 3.23. The van der Waals surface area contributed by atoms with Crippen LogP contribution in [-0.2, 0) is 38.2 Å². The highest BCUT2D eigenvalue weighted by atomic mass is 32.2. The van der Waals surface area contributed by atoms with Crippen LogP contribution in [0, 0.1) is 30.6 Å². The van der Waals surface area contributed by atoms with Gasteiger partial charge in [0, 0.05) is 74.4 Å². The Morgan fingerprint density at radius 3 is 2.13 bits per heavy atom. The summed E-state index contributed by atoms with van der Waals surface area (Å²) in [5, 5.41) is 0. The summed E-state index contributed by atoms with van der Waals surface area (Å²) >= 11 is 0. The molecule has 2 fully saturated rings. The van der Waals surface area contributed by atoms with Gasteiger partial charge in [0.15, 0.2) is 0 Å². The SMILES string of the molecule is Cc1ccc(S(=O)(=O)OCCOc2ccc(C#Cc3cncc(C(CC(=O)OC(C)(C)C)CC(=O)[C@@H]4CCCN(C(=O)CCC5CCN(C(=O)OC(C)(C)C)CC5)C4)c3)cc2)cc1. The zero-order valence-corrected chi connectivity index (χ0v) is 38.6. The molecule has 2 aromatic carbocycles. The maximum atomic E-state index is 14.0. The molecule has 5 rings (SSSR count). The third kappa shape index (κ3) is 16.1. The van der Waals surface area contributed by atoms with Crippen LogP contribution >= 0.6 is 0 Å². The second-order valence-corrected chi connectivity index (χ2v) is 20.1. The Morgan fingerprint density at radius 2 is 1.46 bits per heavy atom. The molecule has 0 aliphatic carbocycles. The minimum atomic E-state index is -3.89. The number of carbonyl (C=O) groups excluding carboxylic acids is 4. The predicted molar refractivity (Wildman–Crippen MR) is 238 cm³/mol. The normalized spacial score (nSPS) is 16.7. The summed E-state index contributed by atoms with van der Waals surface area (Å²) in [5.41, 5.74) is 1.70. The predicted octanol–water partition coefficient (Wildman–Crippen LogP) is 8.01. The average molecular weight is 886 g/mol. The zero-order valence-electron chi connectivity index (χ0n) is 37.8. The van der Waals surface area contributed by atoms with Crippen molar-refractivity contribution in [3.05, 3.63) is 89.2 Å².